The van der Waals surface area contributed by atoms with Crippen molar-refractivity contribution in [3.63, 3.8) is 0 Å². The Labute approximate surface area is 139 Å². The summed E-state index contributed by atoms with van der Waals surface area (Å²) in [6.07, 6.45) is 0. The molecule has 0 aliphatic carbocycles. The van der Waals surface area contributed by atoms with Crippen molar-refractivity contribution in [3.05, 3.63) is 64.7 Å². The Hall–Kier alpha value is -3.25. The average Bonchev–Trinajstić information content (AvgIpc) is 3.08. The molecule has 0 saturated carbocycles. The lowest BCUT2D eigenvalue weighted by Crippen LogP contribution is -2.01. The van der Waals surface area contributed by atoms with Crippen LogP contribution in [0.4, 0.5) is 13.2 Å². The number of aromatic amines is 1. The van der Waals surface area contributed by atoms with Gasteiger partial charge in [-0.3, -0.25) is 0 Å². The quantitative estimate of drug-likeness (QED) is 0.719. The third-order valence-corrected chi connectivity index (χ3v) is 3.30. The second kappa shape index (κ2) is 7.11. The Morgan fingerprint density at radius 2 is 1.84 bits per heavy atom. The van der Waals surface area contributed by atoms with E-state index in [9.17, 15) is 13.2 Å². The van der Waals surface area contributed by atoms with Crippen molar-refractivity contribution < 1.29 is 17.9 Å². The Balaban J connectivity index is 1.70. The number of aromatic nitrogens is 4. The van der Waals surface area contributed by atoms with Crippen molar-refractivity contribution in [3.8, 4) is 17.5 Å². The number of nitrogens with one attached hydrogen (secondary N) is 1. The number of rotatable bonds is 5. The standard InChI is InChI=1S/C16H10F3N5O/c17-11-5-13(19)12(18)4-9(11)7-25-8-10-2-1-3-14(21-10)16-15(6-20)22-24-23-16/h1-5H,7-8H2,(H,22,23,24). The predicted octanol–water partition coefficient (Wildman–Crippen LogP) is 2.87. The number of halogens is 3. The molecular formula is C16H10F3N5O. The van der Waals surface area contributed by atoms with Crippen molar-refractivity contribution >= 4 is 0 Å². The molecule has 1 aromatic carbocycles. The summed E-state index contributed by atoms with van der Waals surface area (Å²) in [5.41, 5.74) is 1.22. The Morgan fingerprint density at radius 3 is 2.64 bits per heavy atom. The van der Waals surface area contributed by atoms with Crippen LogP contribution in [0.25, 0.3) is 11.4 Å². The summed E-state index contributed by atoms with van der Waals surface area (Å²) in [6, 6.07) is 8.12. The van der Waals surface area contributed by atoms with Crippen LogP contribution in [0.1, 0.15) is 17.0 Å². The third-order valence-electron chi connectivity index (χ3n) is 3.30. The van der Waals surface area contributed by atoms with Gasteiger partial charge in [-0.25, -0.2) is 18.2 Å². The first-order chi connectivity index (χ1) is 12.1. The summed E-state index contributed by atoms with van der Waals surface area (Å²) >= 11 is 0. The first-order valence-corrected chi connectivity index (χ1v) is 7.07. The second-order valence-electron chi connectivity index (χ2n) is 5.00. The van der Waals surface area contributed by atoms with Gasteiger partial charge in [0, 0.05) is 11.6 Å². The molecule has 3 rings (SSSR count). The summed E-state index contributed by atoms with van der Waals surface area (Å²) in [4.78, 5) is 4.28. The molecule has 2 aromatic heterocycles. The van der Waals surface area contributed by atoms with Crippen molar-refractivity contribution in [2.75, 3.05) is 0 Å². The van der Waals surface area contributed by atoms with E-state index in [1.165, 1.54) is 0 Å². The zero-order chi connectivity index (χ0) is 17.8. The molecule has 0 bridgehead atoms. The fourth-order valence-corrected chi connectivity index (χ4v) is 2.12. The first kappa shape index (κ1) is 16.6. The molecule has 3 aromatic rings. The summed E-state index contributed by atoms with van der Waals surface area (Å²) < 4.78 is 44.9. The van der Waals surface area contributed by atoms with E-state index < -0.39 is 17.5 Å². The molecule has 25 heavy (non-hydrogen) atoms. The molecule has 0 aliphatic heterocycles. The molecule has 9 heteroatoms. The molecule has 0 fully saturated rings. The van der Waals surface area contributed by atoms with Gasteiger partial charge in [-0.1, -0.05) is 6.07 Å². The number of pyridine rings is 1. The van der Waals surface area contributed by atoms with Gasteiger partial charge in [0.1, 0.15) is 17.6 Å². The second-order valence-corrected chi connectivity index (χ2v) is 5.00. The van der Waals surface area contributed by atoms with Crippen LogP contribution < -0.4 is 0 Å². The van der Waals surface area contributed by atoms with Gasteiger partial charge in [0.25, 0.3) is 0 Å². The van der Waals surface area contributed by atoms with Gasteiger partial charge < -0.3 is 4.74 Å². The number of benzene rings is 1. The van der Waals surface area contributed by atoms with Crippen molar-refractivity contribution in [1.29, 1.82) is 5.26 Å². The lowest BCUT2D eigenvalue weighted by molar-refractivity contribution is 0.102. The maximum absolute atomic E-state index is 13.5. The SMILES string of the molecule is N#Cc1n[nH]nc1-c1cccc(COCc2cc(F)c(F)cc2F)n1. The molecule has 6 nitrogen and oxygen atoms in total. The molecule has 0 unspecified atom stereocenters. The van der Waals surface area contributed by atoms with Gasteiger partial charge >= 0.3 is 0 Å². The zero-order valence-corrected chi connectivity index (χ0v) is 12.6. The van der Waals surface area contributed by atoms with Crippen LogP contribution in [0.15, 0.2) is 30.3 Å². The molecule has 0 aliphatic rings. The van der Waals surface area contributed by atoms with Crippen molar-refractivity contribution in [1.82, 2.24) is 20.4 Å². The minimum atomic E-state index is -1.25. The fraction of sp³-hybridized carbons (Fsp3) is 0.125. The maximum Gasteiger partial charge on any atom is 0.192 e. The topological polar surface area (TPSA) is 87.5 Å². The highest BCUT2D eigenvalue weighted by atomic mass is 19.2. The molecular weight excluding hydrogens is 335 g/mol. The monoisotopic (exact) mass is 345 g/mol. The van der Waals surface area contributed by atoms with Crippen molar-refractivity contribution in [2.45, 2.75) is 13.2 Å². The number of hydrogen-bond donors (Lipinski definition) is 1. The van der Waals surface area contributed by atoms with Crippen LogP contribution in [0.2, 0.25) is 0 Å². The van der Waals surface area contributed by atoms with Crippen LogP contribution in [-0.4, -0.2) is 20.4 Å². The minimum Gasteiger partial charge on any atom is -0.370 e. The third kappa shape index (κ3) is 3.64. The maximum atomic E-state index is 13.5. The fourth-order valence-electron chi connectivity index (χ4n) is 2.12. The molecule has 0 atom stereocenters. The van der Waals surface area contributed by atoms with Crippen LogP contribution in [-0.2, 0) is 18.0 Å². The van der Waals surface area contributed by atoms with Crippen molar-refractivity contribution in [2.24, 2.45) is 0 Å². The summed E-state index contributed by atoms with van der Waals surface area (Å²) in [5.74, 6) is -3.28. The number of nitrogens with zero attached hydrogens (tertiary/aromatic N) is 4. The van der Waals surface area contributed by atoms with Crippen LogP contribution in [0.3, 0.4) is 0 Å². The van der Waals surface area contributed by atoms with Gasteiger partial charge in [-0.05, 0) is 18.2 Å². The molecule has 0 amide bonds. The number of H-pyrrole nitrogens is 1. The number of ether oxygens (including phenoxy) is 1. The Bertz CT molecular complexity index is 951. The van der Waals surface area contributed by atoms with Crippen LogP contribution >= 0.6 is 0 Å². The van der Waals surface area contributed by atoms with E-state index in [2.05, 4.69) is 20.4 Å². The Kier molecular flexibility index (Phi) is 4.72. The highest BCUT2D eigenvalue weighted by molar-refractivity contribution is 5.59. The van der Waals surface area contributed by atoms with Gasteiger partial charge in [0.2, 0.25) is 0 Å². The average molecular weight is 345 g/mol. The van der Waals surface area contributed by atoms with E-state index in [1.807, 2.05) is 6.07 Å². The van der Waals surface area contributed by atoms with Gasteiger partial charge in [-0.15, -0.1) is 5.10 Å². The first-order valence-electron chi connectivity index (χ1n) is 7.07. The minimum absolute atomic E-state index is 0.00597. The predicted molar refractivity (Wildman–Crippen MR) is 79.1 cm³/mol. The Morgan fingerprint density at radius 1 is 1.04 bits per heavy atom. The van der Waals surface area contributed by atoms with Gasteiger partial charge in [-0.2, -0.15) is 15.6 Å². The number of hydrogen-bond acceptors (Lipinski definition) is 5. The molecule has 0 radical (unpaired) electrons. The highest BCUT2D eigenvalue weighted by Gasteiger charge is 2.12. The summed E-state index contributed by atoms with van der Waals surface area (Å²) in [7, 11) is 0. The van der Waals surface area contributed by atoms with E-state index in [0.717, 1.165) is 6.07 Å². The smallest absolute Gasteiger partial charge is 0.192 e. The molecule has 0 saturated heterocycles. The number of nitriles is 1. The van der Waals surface area contributed by atoms with E-state index in [-0.39, 0.29) is 24.5 Å². The summed E-state index contributed by atoms with van der Waals surface area (Å²) in [6.45, 7) is -0.242. The molecule has 2 heterocycles. The molecule has 1 N–H and O–H groups in total. The zero-order valence-electron chi connectivity index (χ0n) is 12.6. The lowest BCUT2D eigenvalue weighted by atomic mass is 10.2. The largest absolute Gasteiger partial charge is 0.370 e. The van der Waals surface area contributed by atoms with Gasteiger partial charge in [0.05, 0.1) is 24.6 Å². The summed E-state index contributed by atoms with van der Waals surface area (Å²) in [5, 5.41) is 18.9. The normalized spacial score (nSPS) is 10.6. The van der Waals surface area contributed by atoms with Gasteiger partial charge in [0.15, 0.2) is 17.3 Å². The highest BCUT2D eigenvalue weighted by Crippen LogP contribution is 2.18. The van der Waals surface area contributed by atoms with E-state index >= 15 is 0 Å². The van der Waals surface area contributed by atoms with E-state index in [1.54, 1.807) is 18.2 Å². The molecule has 126 valence electrons. The molecule has 0 spiro atoms. The van der Waals surface area contributed by atoms with E-state index in [4.69, 9.17) is 10.00 Å². The van der Waals surface area contributed by atoms with Crippen LogP contribution in [0.5, 0.6) is 0 Å². The van der Waals surface area contributed by atoms with E-state index in [0.29, 0.717) is 23.1 Å². The lowest BCUT2D eigenvalue weighted by Gasteiger charge is -2.07. The van der Waals surface area contributed by atoms with Crippen LogP contribution in [0, 0.1) is 28.8 Å².